The van der Waals surface area contributed by atoms with Gasteiger partial charge in [-0.05, 0) is 51.4 Å². The van der Waals surface area contributed by atoms with Crippen molar-refractivity contribution < 1.29 is 17.9 Å². The lowest BCUT2D eigenvalue weighted by molar-refractivity contribution is -1.08. The molecule has 4 heteroatoms. The summed E-state index contributed by atoms with van der Waals surface area (Å²) in [5, 5.41) is 0. The van der Waals surface area contributed by atoms with Gasteiger partial charge < -0.3 is 17.9 Å². The normalized spacial score (nSPS) is 29.6. The Bertz CT molecular complexity index is 695. The molecule has 0 amide bonds. The van der Waals surface area contributed by atoms with Gasteiger partial charge in [-0.1, -0.05) is 129 Å². The largest absolute Gasteiger partial charge is 0.310 e. The fourth-order valence-electron chi connectivity index (χ4n) is 10.7. The highest BCUT2D eigenvalue weighted by molar-refractivity contribution is 4.65. The van der Waals surface area contributed by atoms with E-state index in [4.69, 9.17) is 0 Å². The highest BCUT2D eigenvalue weighted by Crippen LogP contribution is 2.30. The maximum Gasteiger partial charge on any atom is 0.129 e. The Labute approximate surface area is 302 Å². The van der Waals surface area contributed by atoms with Gasteiger partial charge in [0.05, 0.1) is 26.2 Å². The predicted molar refractivity (Wildman–Crippen MR) is 210 cm³/mol. The molecule has 6 aliphatic rings. The minimum Gasteiger partial charge on any atom is -0.310 e. The molecule has 6 saturated heterocycles. The first-order valence-electron chi connectivity index (χ1n) is 23.0. The second kappa shape index (κ2) is 22.7. The van der Waals surface area contributed by atoms with E-state index in [9.17, 15) is 0 Å². The van der Waals surface area contributed by atoms with Crippen molar-refractivity contribution in [2.24, 2.45) is 0 Å². The molecule has 0 radical (unpaired) electrons. The number of nitrogens with zero attached hydrogens (tertiary/aromatic N) is 4. The summed E-state index contributed by atoms with van der Waals surface area (Å²) >= 11 is 0. The third-order valence-electron chi connectivity index (χ3n) is 14.8. The zero-order valence-corrected chi connectivity index (χ0v) is 33.5. The second-order valence-corrected chi connectivity index (χ2v) is 18.4. The van der Waals surface area contributed by atoms with Crippen LogP contribution < -0.4 is 0 Å². The van der Waals surface area contributed by atoms with Crippen molar-refractivity contribution in [1.29, 1.82) is 0 Å². The number of quaternary nitrogens is 4. The van der Waals surface area contributed by atoms with Crippen LogP contribution in [0.25, 0.3) is 0 Å². The fourth-order valence-corrected chi connectivity index (χ4v) is 10.7. The first-order valence-corrected chi connectivity index (χ1v) is 23.0. The summed E-state index contributed by atoms with van der Waals surface area (Å²) in [7, 11) is 0. The summed E-state index contributed by atoms with van der Waals surface area (Å²) in [6.45, 7) is 28.6. The molecule has 0 spiro atoms. The molecule has 0 saturated carbocycles. The maximum absolute atomic E-state index is 2.32. The highest BCUT2D eigenvalue weighted by Gasteiger charge is 2.49. The lowest BCUT2D eigenvalue weighted by Crippen LogP contribution is -2.75. The molecular formula is C44H90N4+4. The predicted octanol–water partition coefficient (Wildman–Crippen LogP) is 10.5. The van der Waals surface area contributed by atoms with Gasteiger partial charge in [-0.3, -0.25) is 0 Å². The molecule has 48 heavy (non-hydrogen) atoms. The Morgan fingerprint density at radius 2 is 0.354 bits per heavy atom. The molecule has 0 aromatic heterocycles. The van der Waals surface area contributed by atoms with Crippen LogP contribution in [0.1, 0.15) is 181 Å². The molecule has 0 atom stereocenters. The van der Waals surface area contributed by atoms with Gasteiger partial charge in [-0.2, -0.15) is 0 Å². The maximum atomic E-state index is 2.32. The van der Waals surface area contributed by atoms with Crippen LogP contribution in [0.2, 0.25) is 0 Å². The van der Waals surface area contributed by atoms with Gasteiger partial charge in [0, 0.05) is 0 Å². The number of rotatable bonds is 31. The molecule has 0 aliphatic carbocycles. The molecule has 4 bridgehead atoms. The summed E-state index contributed by atoms with van der Waals surface area (Å²) < 4.78 is 5.99. The van der Waals surface area contributed by atoms with E-state index in [1.54, 1.807) is 0 Å². The average molecular weight is 675 g/mol. The summed E-state index contributed by atoms with van der Waals surface area (Å²) in [6.07, 6.45) is 38.4. The van der Waals surface area contributed by atoms with E-state index in [0.717, 1.165) is 0 Å². The first kappa shape index (κ1) is 40.6. The Hall–Kier alpha value is -0.160. The SMILES string of the molecule is CCCCCCCCCCCC[N+]12CC[N+](CCCCCCCC[N+]34CC[N+](CCCCCCCCCCCC)(CC3)CC4)(CC1)CC2. The second-order valence-electron chi connectivity index (χ2n) is 18.4. The number of hydrogen-bond acceptors (Lipinski definition) is 0. The molecule has 282 valence electrons. The number of unbranched alkanes of at least 4 members (excludes halogenated alkanes) is 23. The van der Waals surface area contributed by atoms with Crippen LogP contribution in [0.4, 0.5) is 0 Å². The van der Waals surface area contributed by atoms with Crippen LogP contribution in [-0.2, 0) is 0 Å². The third-order valence-corrected chi connectivity index (χ3v) is 14.8. The van der Waals surface area contributed by atoms with Gasteiger partial charge in [-0.15, -0.1) is 0 Å². The van der Waals surface area contributed by atoms with Crippen LogP contribution in [0.3, 0.4) is 0 Å². The van der Waals surface area contributed by atoms with Gasteiger partial charge in [0.25, 0.3) is 0 Å². The van der Waals surface area contributed by atoms with Crippen molar-refractivity contribution in [3.05, 3.63) is 0 Å². The highest BCUT2D eigenvalue weighted by atomic mass is 15.5. The Morgan fingerprint density at radius 1 is 0.208 bits per heavy atom. The van der Waals surface area contributed by atoms with Crippen LogP contribution in [0.5, 0.6) is 0 Å². The van der Waals surface area contributed by atoms with Gasteiger partial charge in [0.2, 0.25) is 0 Å². The average Bonchev–Trinajstić information content (AvgIpc) is 3.13. The van der Waals surface area contributed by atoms with Crippen LogP contribution >= 0.6 is 0 Å². The zero-order valence-electron chi connectivity index (χ0n) is 33.5. The van der Waals surface area contributed by atoms with Crippen molar-refractivity contribution in [2.45, 2.75) is 181 Å². The molecule has 6 rings (SSSR count). The molecular weight excluding hydrogens is 585 g/mol. The van der Waals surface area contributed by atoms with Crippen molar-refractivity contribution in [1.82, 2.24) is 0 Å². The summed E-state index contributed by atoms with van der Waals surface area (Å²) in [6, 6.07) is 0. The van der Waals surface area contributed by atoms with Crippen LogP contribution in [0.15, 0.2) is 0 Å². The Balaban J connectivity index is 0.934. The molecule has 6 fully saturated rings. The van der Waals surface area contributed by atoms with E-state index in [1.807, 2.05) is 0 Å². The van der Waals surface area contributed by atoms with Gasteiger partial charge >= 0.3 is 0 Å². The van der Waals surface area contributed by atoms with E-state index in [-0.39, 0.29) is 0 Å². The summed E-state index contributed by atoms with van der Waals surface area (Å²) in [5.41, 5.74) is 0. The first-order chi connectivity index (χ1) is 23.6. The minimum atomic E-state index is 1.37. The Morgan fingerprint density at radius 3 is 0.521 bits per heavy atom. The van der Waals surface area contributed by atoms with Crippen molar-refractivity contribution in [2.75, 3.05) is 105 Å². The molecule has 0 aromatic rings. The monoisotopic (exact) mass is 675 g/mol. The smallest absolute Gasteiger partial charge is 0.129 e. The molecule has 6 aliphatic heterocycles. The Kier molecular flexibility index (Phi) is 19.2. The van der Waals surface area contributed by atoms with Crippen molar-refractivity contribution >= 4 is 0 Å². The van der Waals surface area contributed by atoms with Gasteiger partial charge in [0.15, 0.2) is 0 Å². The minimum absolute atomic E-state index is 1.37. The van der Waals surface area contributed by atoms with Crippen LogP contribution in [0, 0.1) is 0 Å². The van der Waals surface area contributed by atoms with Crippen LogP contribution in [-0.4, -0.2) is 123 Å². The number of piperazine rings is 6. The molecule has 0 N–H and O–H groups in total. The zero-order chi connectivity index (χ0) is 33.7. The molecule has 0 aromatic carbocycles. The third kappa shape index (κ3) is 14.1. The van der Waals surface area contributed by atoms with E-state index in [2.05, 4.69) is 13.8 Å². The van der Waals surface area contributed by atoms with E-state index in [1.165, 1.54) is 290 Å². The summed E-state index contributed by atoms with van der Waals surface area (Å²) in [4.78, 5) is 0. The fraction of sp³-hybridized carbons (Fsp3) is 1.00. The molecule has 4 nitrogen and oxygen atoms in total. The van der Waals surface area contributed by atoms with Crippen molar-refractivity contribution in [3.8, 4) is 0 Å². The number of hydrogen-bond donors (Lipinski definition) is 0. The molecule has 0 unspecified atom stereocenters. The lowest BCUT2D eigenvalue weighted by Gasteiger charge is -2.55. The standard InChI is InChI=1S/C44H90N4/c1-3-5-7-9-11-13-15-17-21-25-29-45-33-39-47(40-34-45,41-35-45)31-27-23-19-20-24-28-32-48-42-36-46(37-43-48,38-44-48)30-26-22-18-16-14-12-10-8-6-4-2/h3-44H2,1-2H3/q+4. The van der Waals surface area contributed by atoms with E-state index >= 15 is 0 Å². The molecule has 6 heterocycles. The van der Waals surface area contributed by atoms with E-state index < -0.39 is 0 Å². The quantitative estimate of drug-likeness (QED) is 0.0507. The number of fused-ring (bicyclic) bond motifs is 6. The van der Waals surface area contributed by atoms with Crippen molar-refractivity contribution in [3.63, 3.8) is 0 Å². The van der Waals surface area contributed by atoms with E-state index in [0.29, 0.717) is 0 Å². The summed E-state index contributed by atoms with van der Waals surface area (Å²) in [5.74, 6) is 0. The lowest BCUT2D eigenvalue weighted by atomic mass is 10.0. The topological polar surface area (TPSA) is 0 Å². The van der Waals surface area contributed by atoms with Gasteiger partial charge in [0.1, 0.15) is 78.5 Å². The van der Waals surface area contributed by atoms with Gasteiger partial charge in [-0.25, -0.2) is 0 Å².